The summed E-state index contributed by atoms with van der Waals surface area (Å²) in [4.78, 5) is 15.1. The van der Waals surface area contributed by atoms with Crippen LogP contribution in [0, 0.1) is 0 Å². The maximum atomic E-state index is 13.2. The Bertz CT molecular complexity index is 776. The minimum absolute atomic E-state index is 0.0102. The Labute approximate surface area is 155 Å². The third-order valence-electron chi connectivity index (χ3n) is 5.42. The van der Waals surface area contributed by atoms with Crippen LogP contribution in [0.25, 0.3) is 0 Å². The highest BCUT2D eigenvalue weighted by atomic mass is 16.3. The number of carbonyl (C=O) groups is 1. The Balaban J connectivity index is 1.88. The fourth-order valence-electron chi connectivity index (χ4n) is 3.75. The van der Waals surface area contributed by atoms with Crippen molar-refractivity contribution < 1.29 is 9.90 Å². The van der Waals surface area contributed by atoms with Crippen molar-refractivity contribution in [1.82, 2.24) is 14.7 Å². The maximum Gasteiger partial charge on any atom is 0.272 e. The zero-order valence-corrected chi connectivity index (χ0v) is 16.2. The van der Waals surface area contributed by atoms with Crippen molar-refractivity contribution in [3.8, 4) is 0 Å². The molecule has 0 bridgehead atoms. The van der Waals surface area contributed by atoms with Crippen LogP contribution in [0.2, 0.25) is 0 Å². The Morgan fingerprint density at radius 2 is 1.96 bits per heavy atom. The highest BCUT2D eigenvalue weighted by Gasteiger charge is 2.39. The third kappa shape index (κ3) is 3.40. The predicted molar refractivity (Wildman–Crippen MR) is 102 cm³/mol. The van der Waals surface area contributed by atoms with E-state index < -0.39 is 0 Å². The SMILES string of the molecule is Cn1nc(C(C)(C)C)cc1C(=O)N1CCC[C@](CO)(c2ccccc2)C1. The van der Waals surface area contributed by atoms with Gasteiger partial charge in [-0.3, -0.25) is 9.48 Å². The molecule has 1 amide bonds. The molecular formula is C21H29N3O2. The van der Waals surface area contributed by atoms with E-state index in [2.05, 4.69) is 25.9 Å². The van der Waals surface area contributed by atoms with Gasteiger partial charge < -0.3 is 10.0 Å². The fraction of sp³-hybridized carbons (Fsp3) is 0.524. The van der Waals surface area contributed by atoms with E-state index in [1.54, 1.807) is 4.68 Å². The van der Waals surface area contributed by atoms with Crippen LogP contribution in [0.1, 0.15) is 55.4 Å². The van der Waals surface area contributed by atoms with Crippen LogP contribution in [0.4, 0.5) is 0 Å². The number of amides is 1. The number of likely N-dealkylation sites (tertiary alicyclic amines) is 1. The van der Waals surface area contributed by atoms with Gasteiger partial charge in [-0.25, -0.2) is 0 Å². The van der Waals surface area contributed by atoms with Crippen molar-refractivity contribution in [2.75, 3.05) is 19.7 Å². The molecule has 0 saturated carbocycles. The number of aromatic nitrogens is 2. The van der Waals surface area contributed by atoms with Crippen molar-refractivity contribution in [2.45, 2.75) is 44.4 Å². The molecule has 1 N–H and O–H groups in total. The first-order chi connectivity index (χ1) is 12.3. The molecule has 140 valence electrons. The van der Waals surface area contributed by atoms with Crippen LogP contribution in [0.3, 0.4) is 0 Å². The number of benzene rings is 1. The van der Waals surface area contributed by atoms with E-state index in [0.717, 1.165) is 24.1 Å². The molecule has 0 radical (unpaired) electrons. The lowest BCUT2D eigenvalue weighted by molar-refractivity contribution is 0.0533. The number of aliphatic hydroxyl groups is 1. The number of aliphatic hydroxyl groups excluding tert-OH is 1. The highest BCUT2D eigenvalue weighted by molar-refractivity contribution is 5.93. The second-order valence-electron chi connectivity index (χ2n) is 8.42. The summed E-state index contributed by atoms with van der Waals surface area (Å²) < 4.78 is 1.68. The van der Waals surface area contributed by atoms with Crippen LogP contribution in [-0.4, -0.2) is 45.4 Å². The molecule has 1 aliphatic heterocycles. The van der Waals surface area contributed by atoms with Crippen molar-refractivity contribution in [3.63, 3.8) is 0 Å². The monoisotopic (exact) mass is 355 g/mol. The molecule has 1 aromatic carbocycles. The second-order valence-corrected chi connectivity index (χ2v) is 8.42. The van der Waals surface area contributed by atoms with Crippen molar-refractivity contribution in [1.29, 1.82) is 0 Å². The number of hydrogen-bond acceptors (Lipinski definition) is 3. The third-order valence-corrected chi connectivity index (χ3v) is 5.42. The summed E-state index contributed by atoms with van der Waals surface area (Å²) in [5.74, 6) is -0.0102. The van der Waals surface area contributed by atoms with E-state index in [9.17, 15) is 9.90 Å². The molecule has 1 atom stereocenters. The van der Waals surface area contributed by atoms with E-state index in [1.165, 1.54) is 0 Å². The van der Waals surface area contributed by atoms with Crippen molar-refractivity contribution in [3.05, 3.63) is 53.3 Å². The summed E-state index contributed by atoms with van der Waals surface area (Å²) in [6, 6.07) is 12.0. The molecule has 1 fully saturated rings. The lowest BCUT2D eigenvalue weighted by atomic mass is 9.74. The Kier molecular flexibility index (Phi) is 4.93. The van der Waals surface area contributed by atoms with Crippen molar-refractivity contribution >= 4 is 5.91 Å². The average Bonchev–Trinajstić information content (AvgIpc) is 3.04. The molecular weight excluding hydrogens is 326 g/mol. The van der Waals surface area contributed by atoms with Gasteiger partial charge in [0.2, 0.25) is 0 Å². The van der Waals surface area contributed by atoms with E-state index in [1.807, 2.05) is 48.3 Å². The summed E-state index contributed by atoms with van der Waals surface area (Å²) in [6.45, 7) is 7.56. The Morgan fingerprint density at radius 1 is 1.27 bits per heavy atom. The average molecular weight is 355 g/mol. The molecule has 1 aliphatic rings. The van der Waals surface area contributed by atoms with Gasteiger partial charge >= 0.3 is 0 Å². The van der Waals surface area contributed by atoms with Crippen LogP contribution in [-0.2, 0) is 17.9 Å². The number of piperidine rings is 1. The van der Waals surface area contributed by atoms with Crippen LogP contribution >= 0.6 is 0 Å². The first-order valence-corrected chi connectivity index (χ1v) is 9.27. The molecule has 0 spiro atoms. The highest BCUT2D eigenvalue weighted by Crippen LogP contribution is 2.34. The van der Waals surface area contributed by atoms with Gasteiger partial charge in [0.15, 0.2) is 0 Å². The van der Waals surface area contributed by atoms with Gasteiger partial charge in [-0.2, -0.15) is 5.10 Å². The number of rotatable bonds is 3. The Morgan fingerprint density at radius 3 is 2.54 bits per heavy atom. The standard InChI is InChI=1S/C21H29N3O2/c1-20(2,3)18-13-17(23(4)22-18)19(26)24-12-8-11-21(14-24,15-25)16-9-6-5-7-10-16/h5-7,9-10,13,25H,8,11-12,14-15H2,1-4H3/t21-/m0/s1. The van der Waals surface area contributed by atoms with Gasteiger partial charge in [-0.15, -0.1) is 0 Å². The predicted octanol–water partition coefficient (Wildman–Crippen LogP) is 2.88. The van der Waals surface area contributed by atoms with Gasteiger partial charge in [0, 0.05) is 31.0 Å². The van der Waals surface area contributed by atoms with E-state index in [-0.39, 0.29) is 23.3 Å². The van der Waals surface area contributed by atoms with Crippen LogP contribution in [0.5, 0.6) is 0 Å². The summed E-state index contributed by atoms with van der Waals surface area (Å²) in [7, 11) is 1.82. The normalized spacial score (nSPS) is 21.0. The number of hydrogen-bond donors (Lipinski definition) is 1. The molecule has 26 heavy (non-hydrogen) atoms. The summed E-state index contributed by atoms with van der Waals surface area (Å²) in [5, 5.41) is 14.7. The molecule has 0 aliphatic carbocycles. The Hall–Kier alpha value is -2.14. The second kappa shape index (κ2) is 6.88. The number of aryl methyl sites for hydroxylation is 1. The van der Waals surface area contributed by atoms with Crippen molar-refractivity contribution in [2.24, 2.45) is 7.05 Å². The van der Waals surface area contributed by atoms with E-state index in [4.69, 9.17) is 0 Å². The van der Waals surface area contributed by atoms with Gasteiger partial charge in [-0.1, -0.05) is 51.1 Å². The molecule has 1 saturated heterocycles. The van der Waals surface area contributed by atoms with Gasteiger partial charge in [0.05, 0.1) is 12.3 Å². The zero-order chi connectivity index (χ0) is 18.9. The lowest BCUT2D eigenvalue weighted by Crippen LogP contribution is -2.50. The molecule has 0 unspecified atom stereocenters. The van der Waals surface area contributed by atoms with E-state index >= 15 is 0 Å². The van der Waals surface area contributed by atoms with E-state index in [0.29, 0.717) is 18.8 Å². The van der Waals surface area contributed by atoms with Gasteiger partial charge in [0.25, 0.3) is 5.91 Å². The molecule has 5 heteroatoms. The van der Waals surface area contributed by atoms with Crippen LogP contribution < -0.4 is 0 Å². The quantitative estimate of drug-likeness (QED) is 0.921. The minimum Gasteiger partial charge on any atom is -0.395 e. The molecule has 2 heterocycles. The maximum absolute atomic E-state index is 13.2. The molecule has 2 aromatic rings. The number of nitrogens with zero attached hydrogens (tertiary/aromatic N) is 3. The first kappa shape index (κ1) is 18.6. The summed E-state index contributed by atoms with van der Waals surface area (Å²) in [5.41, 5.74) is 2.13. The summed E-state index contributed by atoms with van der Waals surface area (Å²) >= 11 is 0. The van der Waals surface area contributed by atoms with Gasteiger partial charge in [-0.05, 0) is 24.5 Å². The number of carbonyl (C=O) groups excluding carboxylic acids is 1. The minimum atomic E-state index is -0.388. The zero-order valence-electron chi connectivity index (χ0n) is 16.2. The topological polar surface area (TPSA) is 58.4 Å². The molecule has 1 aromatic heterocycles. The fourth-order valence-corrected chi connectivity index (χ4v) is 3.75. The molecule has 3 rings (SSSR count). The first-order valence-electron chi connectivity index (χ1n) is 9.27. The summed E-state index contributed by atoms with van der Waals surface area (Å²) in [6.07, 6.45) is 1.76. The largest absolute Gasteiger partial charge is 0.395 e. The van der Waals surface area contributed by atoms with Crippen LogP contribution in [0.15, 0.2) is 36.4 Å². The lowest BCUT2D eigenvalue weighted by Gasteiger charge is -2.42. The van der Waals surface area contributed by atoms with Gasteiger partial charge in [0.1, 0.15) is 5.69 Å². The smallest absolute Gasteiger partial charge is 0.272 e. The molecule has 5 nitrogen and oxygen atoms in total.